The molecule has 62 heavy (non-hydrogen) atoms. The first-order chi connectivity index (χ1) is 30.3. The number of esters is 1. The van der Waals surface area contributed by atoms with E-state index in [0.29, 0.717) is 19.3 Å². The van der Waals surface area contributed by atoms with Gasteiger partial charge in [-0.15, -0.1) is 0 Å². The van der Waals surface area contributed by atoms with Crippen LogP contribution < -0.4 is 10.6 Å². The summed E-state index contributed by atoms with van der Waals surface area (Å²) >= 11 is 0. The van der Waals surface area contributed by atoms with E-state index in [2.05, 4.69) is 36.6 Å². The van der Waals surface area contributed by atoms with E-state index in [1.54, 1.807) is 0 Å². The summed E-state index contributed by atoms with van der Waals surface area (Å²) < 4.78 is 6.08. The SMILES string of the molecule is CCCCCCCCCC/C=C\CCCCCCCCCCCC(=O)OC(CCCCCCCCCCCCCCC)CCCCCCCC(=O)NCC(=O)NC(CO)C(=O)O. The number of carbonyl (C=O) groups excluding carboxylic acids is 3. The molecule has 0 aliphatic carbocycles. The molecule has 2 unspecified atom stereocenters. The average molecular weight is 877 g/mol. The Hall–Kier alpha value is -2.42. The van der Waals surface area contributed by atoms with Gasteiger partial charge in [0.05, 0.1) is 13.2 Å². The molecule has 0 fully saturated rings. The van der Waals surface area contributed by atoms with Crippen LogP contribution in [0.4, 0.5) is 0 Å². The molecule has 2 atom stereocenters. The fourth-order valence-corrected chi connectivity index (χ4v) is 8.18. The summed E-state index contributed by atoms with van der Waals surface area (Å²) in [4.78, 5) is 47.8. The lowest BCUT2D eigenvalue weighted by Gasteiger charge is -2.18. The largest absolute Gasteiger partial charge is 0.480 e. The van der Waals surface area contributed by atoms with Crippen LogP contribution in [0.25, 0.3) is 0 Å². The summed E-state index contributed by atoms with van der Waals surface area (Å²) in [6.45, 7) is 3.52. The van der Waals surface area contributed by atoms with Crippen molar-refractivity contribution in [2.45, 2.75) is 289 Å². The Labute approximate surface area is 381 Å². The maximum absolute atomic E-state index is 12.9. The molecule has 2 amide bonds. The smallest absolute Gasteiger partial charge is 0.328 e. The van der Waals surface area contributed by atoms with Crippen molar-refractivity contribution >= 4 is 23.8 Å². The normalized spacial score (nSPS) is 12.4. The number of aliphatic hydroxyl groups excluding tert-OH is 1. The van der Waals surface area contributed by atoms with Gasteiger partial charge in [-0.05, 0) is 64.2 Å². The predicted octanol–water partition coefficient (Wildman–Crippen LogP) is 14.2. The van der Waals surface area contributed by atoms with Crippen LogP contribution in [0.2, 0.25) is 0 Å². The first-order valence-electron chi connectivity index (χ1n) is 26.6. The van der Waals surface area contributed by atoms with Crippen LogP contribution in [-0.4, -0.2) is 59.3 Å². The lowest BCUT2D eigenvalue weighted by Crippen LogP contribution is -2.47. The molecule has 364 valence electrons. The van der Waals surface area contributed by atoms with E-state index in [0.717, 1.165) is 57.8 Å². The highest BCUT2D eigenvalue weighted by Crippen LogP contribution is 2.20. The zero-order chi connectivity index (χ0) is 45.4. The molecular formula is C53H100N2O7. The number of carbonyl (C=O) groups is 4. The molecule has 0 heterocycles. The zero-order valence-corrected chi connectivity index (χ0v) is 40.7. The topological polar surface area (TPSA) is 142 Å². The Balaban J connectivity index is 4.21. The minimum absolute atomic E-state index is 0.0101. The van der Waals surface area contributed by atoms with Crippen molar-refractivity contribution in [2.75, 3.05) is 13.2 Å². The van der Waals surface area contributed by atoms with E-state index in [1.807, 2.05) is 0 Å². The molecule has 0 aromatic carbocycles. The quantitative estimate of drug-likeness (QED) is 0.0271. The lowest BCUT2D eigenvalue weighted by atomic mass is 10.0. The first kappa shape index (κ1) is 59.6. The Kier molecular flexibility index (Phi) is 46.2. The molecule has 0 aromatic rings. The van der Waals surface area contributed by atoms with Crippen LogP contribution in [0.15, 0.2) is 12.2 Å². The molecule has 0 radical (unpaired) electrons. The van der Waals surface area contributed by atoms with Gasteiger partial charge in [-0.2, -0.15) is 0 Å². The Bertz CT molecular complexity index is 1050. The monoisotopic (exact) mass is 877 g/mol. The predicted molar refractivity (Wildman–Crippen MR) is 259 cm³/mol. The zero-order valence-electron chi connectivity index (χ0n) is 40.7. The van der Waals surface area contributed by atoms with Gasteiger partial charge in [0.2, 0.25) is 11.8 Å². The molecule has 0 aliphatic heterocycles. The van der Waals surface area contributed by atoms with Gasteiger partial charge < -0.3 is 25.6 Å². The van der Waals surface area contributed by atoms with Crippen molar-refractivity contribution < 1.29 is 34.1 Å². The summed E-state index contributed by atoms with van der Waals surface area (Å²) in [5, 5.41) is 22.6. The highest BCUT2D eigenvalue weighted by Gasteiger charge is 2.19. The standard InChI is InChI=1S/C53H100N2O7/c1-3-5-7-9-11-13-15-17-18-19-20-21-22-23-24-26-28-30-32-37-41-45-52(59)62-48(42-38-34-31-29-27-25-16-14-12-10-8-6-4-2)43-39-35-33-36-40-44-50(57)54-46-51(58)55-49(47-56)53(60)61/h19-20,48-49,56H,3-18,21-47H2,1-2H3,(H,54,57)(H,55,58)(H,60,61)/b20-19-. The Morgan fingerprint density at radius 2 is 0.823 bits per heavy atom. The summed E-state index contributed by atoms with van der Waals surface area (Å²) in [6.07, 6.45) is 53.9. The molecule has 0 aromatic heterocycles. The van der Waals surface area contributed by atoms with Crippen molar-refractivity contribution in [2.24, 2.45) is 0 Å². The fraction of sp³-hybridized carbons (Fsp3) is 0.887. The summed E-state index contributed by atoms with van der Waals surface area (Å²) in [5.74, 6) is -2.27. The maximum atomic E-state index is 12.9. The summed E-state index contributed by atoms with van der Waals surface area (Å²) in [7, 11) is 0. The van der Waals surface area contributed by atoms with Gasteiger partial charge in [0, 0.05) is 12.8 Å². The van der Waals surface area contributed by atoms with Crippen LogP contribution in [0.1, 0.15) is 277 Å². The van der Waals surface area contributed by atoms with Crippen LogP contribution in [0.5, 0.6) is 0 Å². The number of hydrogen-bond donors (Lipinski definition) is 4. The van der Waals surface area contributed by atoms with Gasteiger partial charge in [0.15, 0.2) is 0 Å². The molecule has 0 saturated heterocycles. The van der Waals surface area contributed by atoms with E-state index >= 15 is 0 Å². The van der Waals surface area contributed by atoms with E-state index in [-0.39, 0.29) is 24.5 Å². The van der Waals surface area contributed by atoms with E-state index in [1.165, 1.54) is 186 Å². The lowest BCUT2D eigenvalue weighted by molar-refractivity contribution is -0.150. The molecule has 0 bridgehead atoms. The Morgan fingerprint density at radius 3 is 1.21 bits per heavy atom. The Morgan fingerprint density at radius 1 is 0.468 bits per heavy atom. The van der Waals surface area contributed by atoms with E-state index in [4.69, 9.17) is 14.9 Å². The second kappa shape index (κ2) is 48.0. The number of carboxylic acid groups (broad SMARTS) is 1. The van der Waals surface area contributed by atoms with Gasteiger partial charge in [-0.25, -0.2) is 4.79 Å². The molecule has 0 saturated carbocycles. The van der Waals surface area contributed by atoms with Crippen molar-refractivity contribution in [1.82, 2.24) is 10.6 Å². The molecule has 0 rings (SSSR count). The highest BCUT2D eigenvalue weighted by molar-refractivity contribution is 5.87. The molecule has 0 aliphatic rings. The first-order valence-corrected chi connectivity index (χ1v) is 26.6. The number of nitrogens with one attached hydrogen (secondary N) is 2. The maximum Gasteiger partial charge on any atom is 0.328 e. The number of unbranched alkanes of at least 4 members (excludes halogenated alkanes) is 33. The fourth-order valence-electron chi connectivity index (χ4n) is 8.18. The molecular weight excluding hydrogens is 777 g/mol. The summed E-state index contributed by atoms with van der Waals surface area (Å²) in [5.41, 5.74) is 0. The van der Waals surface area contributed by atoms with Gasteiger partial charge in [-0.1, -0.05) is 212 Å². The van der Waals surface area contributed by atoms with E-state index < -0.39 is 24.5 Å². The number of ether oxygens (including phenoxy) is 1. The summed E-state index contributed by atoms with van der Waals surface area (Å²) in [6, 6.07) is -1.38. The molecule has 9 heteroatoms. The average Bonchev–Trinajstić information content (AvgIpc) is 3.26. The number of aliphatic hydroxyl groups is 1. The van der Waals surface area contributed by atoms with Crippen molar-refractivity contribution in [3.63, 3.8) is 0 Å². The van der Waals surface area contributed by atoms with Gasteiger partial charge in [0.1, 0.15) is 12.1 Å². The second-order valence-electron chi connectivity index (χ2n) is 18.3. The third kappa shape index (κ3) is 44.2. The third-order valence-corrected chi connectivity index (χ3v) is 12.3. The van der Waals surface area contributed by atoms with Crippen LogP contribution in [0, 0.1) is 0 Å². The minimum Gasteiger partial charge on any atom is -0.480 e. The van der Waals surface area contributed by atoms with Crippen molar-refractivity contribution in [3.05, 3.63) is 12.2 Å². The molecule has 9 nitrogen and oxygen atoms in total. The van der Waals surface area contributed by atoms with Crippen molar-refractivity contribution in [1.29, 1.82) is 0 Å². The highest BCUT2D eigenvalue weighted by atomic mass is 16.5. The van der Waals surface area contributed by atoms with Gasteiger partial charge in [-0.3, -0.25) is 14.4 Å². The van der Waals surface area contributed by atoms with Gasteiger partial charge >= 0.3 is 11.9 Å². The molecule has 4 N–H and O–H groups in total. The number of rotatable bonds is 49. The number of amides is 2. The number of allylic oxidation sites excluding steroid dienone is 2. The second-order valence-corrected chi connectivity index (χ2v) is 18.3. The number of aliphatic carboxylic acids is 1. The number of carboxylic acids is 1. The van der Waals surface area contributed by atoms with Gasteiger partial charge in [0.25, 0.3) is 0 Å². The van der Waals surface area contributed by atoms with E-state index in [9.17, 15) is 19.2 Å². The van der Waals surface area contributed by atoms with Crippen LogP contribution in [0.3, 0.4) is 0 Å². The third-order valence-electron chi connectivity index (χ3n) is 12.3. The van der Waals surface area contributed by atoms with Crippen LogP contribution >= 0.6 is 0 Å². The van der Waals surface area contributed by atoms with Crippen LogP contribution in [-0.2, 0) is 23.9 Å². The minimum atomic E-state index is -1.38. The van der Waals surface area contributed by atoms with Crippen molar-refractivity contribution in [3.8, 4) is 0 Å². The molecule has 0 spiro atoms. The number of hydrogen-bond acceptors (Lipinski definition) is 6.